The van der Waals surface area contributed by atoms with Crippen LogP contribution in [0, 0.1) is 90.6 Å². The SMILES string of the molecule is COC(=O)c1c2cc(C(C)C)cccc-2c(C(=C(C#N)C#N)C(=C(C#N)C#N)c2ccc(N=Nc3ccc(C(=C(C#N)C#N)C(=C(C#N)C#N)c4c5cccc(C(C)C)cc-5c(C(=O)OC)c4-c4ccccc4)cc3)cc2)c1-c1ccccc1. The maximum absolute atomic E-state index is 14.1. The molecule has 4 aromatic carbocycles. The summed E-state index contributed by atoms with van der Waals surface area (Å²) in [6.07, 6.45) is 0. The number of carbonyl (C=O) groups is 2. The van der Waals surface area contributed by atoms with Crippen molar-refractivity contribution in [1.82, 2.24) is 0 Å². The zero-order valence-electron chi connectivity index (χ0n) is 46.3. The Labute approximate surface area is 486 Å². The number of carbonyl (C=O) groups excluding carboxylic acids is 2. The van der Waals surface area contributed by atoms with E-state index in [-0.39, 0.29) is 78.9 Å². The molecule has 0 fully saturated rings. The van der Waals surface area contributed by atoms with Gasteiger partial charge in [0.15, 0.2) is 0 Å². The van der Waals surface area contributed by atoms with Crippen LogP contribution in [-0.4, -0.2) is 26.2 Å². The van der Waals surface area contributed by atoms with Crippen molar-refractivity contribution in [2.45, 2.75) is 39.5 Å². The fraction of sp³-hybridized carbons (Fsp3) is 0.114. The highest BCUT2D eigenvalue weighted by Gasteiger charge is 2.36. The summed E-state index contributed by atoms with van der Waals surface area (Å²) in [5.41, 5.74) is 5.16. The highest BCUT2D eigenvalue weighted by molar-refractivity contribution is 6.23. The first-order valence-electron chi connectivity index (χ1n) is 26.1. The van der Waals surface area contributed by atoms with Crippen molar-refractivity contribution in [1.29, 1.82) is 42.1 Å². The Kier molecular flexibility index (Phi) is 17.7. The van der Waals surface area contributed by atoms with Crippen LogP contribution >= 0.6 is 0 Å². The minimum absolute atomic E-state index is 0.0175. The van der Waals surface area contributed by atoms with Gasteiger partial charge in [0.05, 0.1) is 36.7 Å². The van der Waals surface area contributed by atoms with Crippen LogP contribution in [0.15, 0.2) is 190 Å². The smallest absolute Gasteiger partial charge is 0.339 e. The quantitative estimate of drug-likeness (QED) is 0.0426. The summed E-state index contributed by atoms with van der Waals surface area (Å²) in [6.45, 7) is 8.00. The Morgan fingerprint density at radius 3 is 0.964 bits per heavy atom. The molecule has 0 saturated carbocycles. The number of methoxy groups -OCH3 is 2. The van der Waals surface area contributed by atoms with E-state index in [0.29, 0.717) is 44.5 Å². The first-order valence-corrected chi connectivity index (χ1v) is 26.1. The standard InChI is InChI=1S/C70H46N10O4/c1-41(2)47-19-13-21-55-57(31-47)67(69(81)83-5)61(43-15-9-7-10-16-43)65(55)63(51(37-75)38-76)59(49(33-71)34-72)45-23-27-53(28-24-45)79-80-54-29-25-46(26-30-54)60(50(35-73)36-74)64(52(39-77)40-78)66-56-22-14-20-48(42(3)4)32-58(56)68(70(82)84-6)62(66)44-17-11-8-12-18-44/h7-32,41-42H,1-6H3. The van der Waals surface area contributed by atoms with E-state index < -0.39 is 34.2 Å². The summed E-state index contributed by atoms with van der Waals surface area (Å²) in [5.74, 6) is -1.34. The van der Waals surface area contributed by atoms with Crippen LogP contribution in [0.5, 0.6) is 0 Å². The number of benzene rings is 4. The summed E-state index contributed by atoms with van der Waals surface area (Å²) in [4.78, 5) is 28.1. The molecule has 0 radical (unpaired) electrons. The Bertz CT molecular complexity index is 4080. The van der Waals surface area contributed by atoms with Crippen molar-refractivity contribution in [3.63, 3.8) is 0 Å². The second kappa shape index (κ2) is 25.7. The van der Waals surface area contributed by atoms with Crippen LogP contribution in [-0.2, 0) is 9.47 Å². The van der Waals surface area contributed by atoms with Gasteiger partial charge in [0.2, 0.25) is 0 Å². The molecule has 0 spiro atoms. The predicted octanol–water partition coefficient (Wildman–Crippen LogP) is 16.1. The van der Waals surface area contributed by atoms with Gasteiger partial charge in [-0.2, -0.15) is 52.3 Å². The molecule has 0 bridgehead atoms. The number of rotatable bonds is 14. The third-order valence-corrected chi connectivity index (χ3v) is 14.1. The van der Waals surface area contributed by atoms with Crippen LogP contribution < -0.4 is 0 Å². The number of hydrogen-bond donors (Lipinski definition) is 0. The number of hydrogen-bond acceptors (Lipinski definition) is 14. The van der Waals surface area contributed by atoms with E-state index in [1.807, 2.05) is 101 Å². The van der Waals surface area contributed by atoms with Gasteiger partial charge < -0.3 is 9.47 Å². The molecule has 0 amide bonds. The topological polar surface area (TPSA) is 268 Å². The third kappa shape index (κ3) is 11.0. The number of azo groups is 1. The molecular weight excluding hydrogens is 1040 g/mol. The van der Waals surface area contributed by atoms with Gasteiger partial charge in [0.25, 0.3) is 0 Å². The molecule has 400 valence electrons. The molecule has 0 unspecified atom stereocenters. The molecule has 0 aliphatic heterocycles. The number of nitriles is 8. The number of allylic oxidation sites excluding steroid dienone is 8. The van der Waals surface area contributed by atoms with E-state index in [1.54, 1.807) is 133 Å². The monoisotopic (exact) mass is 1090 g/mol. The van der Waals surface area contributed by atoms with Crippen LogP contribution in [0.4, 0.5) is 11.4 Å². The Balaban J connectivity index is 1.27. The van der Waals surface area contributed by atoms with E-state index in [9.17, 15) is 51.7 Å². The number of nitrogens with zero attached hydrogens (tertiary/aromatic N) is 10. The Morgan fingerprint density at radius 1 is 0.369 bits per heavy atom. The molecule has 14 nitrogen and oxygen atoms in total. The second-order valence-corrected chi connectivity index (χ2v) is 19.5. The normalized spacial score (nSPS) is 10.4. The minimum atomic E-state index is -0.690. The lowest BCUT2D eigenvalue weighted by molar-refractivity contribution is 0.0594. The molecule has 8 rings (SSSR count). The summed E-state index contributed by atoms with van der Waals surface area (Å²) in [7, 11) is 2.51. The molecule has 4 aliphatic carbocycles. The summed E-state index contributed by atoms with van der Waals surface area (Å²) in [5, 5.41) is 94.3. The Morgan fingerprint density at radius 2 is 0.679 bits per heavy atom. The van der Waals surface area contributed by atoms with Gasteiger partial charge in [-0.1, -0.05) is 149 Å². The van der Waals surface area contributed by atoms with Crippen molar-refractivity contribution in [3.8, 4) is 93.1 Å². The number of esters is 2. The van der Waals surface area contributed by atoms with Crippen molar-refractivity contribution in [3.05, 3.63) is 225 Å². The van der Waals surface area contributed by atoms with Crippen molar-refractivity contribution < 1.29 is 19.1 Å². The molecule has 84 heavy (non-hydrogen) atoms. The first kappa shape index (κ1) is 57.9. The van der Waals surface area contributed by atoms with Crippen molar-refractivity contribution in [2.24, 2.45) is 10.2 Å². The molecular formula is C70H46N10O4. The first-order chi connectivity index (χ1) is 40.8. The van der Waals surface area contributed by atoms with Crippen molar-refractivity contribution >= 4 is 45.6 Å². The lowest BCUT2D eigenvalue weighted by atomic mass is 9.83. The lowest BCUT2D eigenvalue weighted by Crippen LogP contribution is -2.04. The van der Waals surface area contributed by atoms with Gasteiger partial charge in [-0.05, 0) is 104 Å². The number of fused-ring (bicyclic) bond motifs is 2. The largest absolute Gasteiger partial charge is 0.465 e. The average molecular weight is 1090 g/mol. The zero-order chi connectivity index (χ0) is 60.2. The van der Waals surface area contributed by atoms with Gasteiger partial charge in [0.1, 0.15) is 70.8 Å². The van der Waals surface area contributed by atoms with Gasteiger partial charge in [-0.15, -0.1) is 0 Å². The molecule has 0 aromatic heterocycles. The van der Waals surface area contributed by atoms with Crippen LogP contribution in [0.3, 0.4) is 0 Å². The molecule has 4 aromatic rings. The van der Waals surface area contributed by atoms with Gasteiger partial charge >= 0.3 is 11.9 Å². The molecule has 4 aliphatic rings. The zero-order valence-corrected chi connectivity index (χ0v) is 46.3. The minimum Gasteiger partial charge on any atom is -0.465 e. The van der Waals surface area contributed by atoms with Gasteiger partial charge in [0, 0.05) is 44.5 Å². The van der Waals surface area contributed by atoms with Crippen LogP contribution in [0.25, 0.3) is 66.8 Å². The van der Waals surface area contributed by atoms with Crippen molar-refractivity contribution in [2.75, 3.05) is 14.2 Å². The molecule has 0 N–H and O–H groups in total. The van der Waals surface area contributed by atoms with Crippen LogP contribution in [0.1, 0.15) is 93.6 Å². The van der Waals surface area contributed by atoms with E-state index in [2.05, 4.69) is 10.2 Å². The van der Waals surface area contributed by atoms with Gasteiger partial charge in [-0.25, -0.2) is 9.59 Å². The average Bonchev–Trinajstić information content (AvgIpc) is 3.80. The number of ether oxygens (including phenoxy) is 2. The predicted molar refractivity (Wildman–Crippen MR) is 318 cm³/mol. The van der Waals surface area contributed by atoms with Gasteiger partial charge in [-0.3, -0.25) is 0 Å². The van der Waals surface area contributed by atoms with E-state index in [0.717, 1.165) is 11.1 Å². The molecule has 0 atom stereocenters. The summed E-state index contributed by atoms with van der Waals surface area (Å²) in [6, 6.07) is 60.8. The van der Waals surface area contributed by atoms with E-state index in [4.69, 9.17) is 9.47 Å². The Hall–Kier alpha value is -12.3. The van der Waals surface area contributed by atoms with E-state index in [1.165, 1.54) is 14.2 Å². The maximum atomic E-state index is 14.1. The maximum Gasteiger partial charge on any atom is 0.339 e. The lowest BCUT2D eigenvalue weighted by Gasteiger charge is -2.17. The molecule has 0 saturated heterocycles. The highest BCUT2D eigenvalue weighted by atomic mass is 16.5. The summed E-state index contributed by atoms with van der Waals surface area (Å²) >= 11 is 0. The fourth-order valence-corrected chi connectivity index (χ4v) is 10.2. The highest BCUT2D eigenvalue weighted by Crippen LogP contribution is 2.53. The molecule has 0 heterocycles. The second-order valence-electron chi connectivity index (χ2n) is 19.5. The van der Waals surface area contributed by atoms with Crippen LogP contribution in [0.2, 0.25) is 0 Å². The van der Waals surface area contributed by atoms with E-state index >= 15 is 0 Å². The fourth-order valence-electron chi connectivity index (χ4n) is 10.2. The third-order valence-electron chi connectivity index (χ3n) is 14.1. The molecule has 14 heteroatoms. The summed E-state index contributed by atoms with van der Waals surface area (Å²) < 4.78 is 10.8.